The Morgan fingerprint density at radius 1 is 1.65 bits per heavy atom. The van der Waals surface area contributed by atoms with Gasteiger partial charge in [0.15, 0.2) is 0 Å². The fourth-order valence-electron chi connectivity index (χ4n) is 2.14. The standard InChI is InChI=1S/C12H19N5O2S/c1-8(2)17-7-9(5-11(17)18)12(19)13-3-4-20-10-6-14-16-15-10/h6,8-9H,3-5,7H2,1-2H3,(H,13,19)(H,14,15,16). The molecule has 0 aliphatic carbocycles. The molecule has 1 fully saturated rings. The number of amides is 2. The first kappa shape index (κ1) is 14.8. The van der Waals surface area contributed by atoms with Crippen molar-refractivity contribution in [3.8, 4) is 0 Å². The van der Waals surface area contributed by atoms with Crippen molar-refractivity contribution in [2.75, 3.05) is 18.8 Å². The van der Waals surface area contributed by atoms with Gasteiger partial charge < -0.3 is 10.2 Å². The van der Waals surface area contributed by atoms with Gasteiger partial charge in [0.25, 0.3) is 0 Å². The third-order valence-electron chi connectivity index (χ3n) is 3.20. The smallest absolute Gasteiger partial charge is 0.225 e. The lowest BCUT2D eigenvalue weighted by Crippen LogP contribution is -2.36. The van der Waals surface area contributed by atoms with Crippen LogP contribution in [-0.4, -0.2) is 57.0 Å². The van der Waals surface area contributed by atoms with E-state index in [2.05, 4.69) is 20.7 Å². The Kier molecular flexibility index (Phi) is 4.99. The molecule has 1 unspecified atom stereocenters. The molecule has 2 N–H and O–H groups in total. The molecule has 1 saturated heterocycles. The van der Waals surface area contributed by atoms with E-state index in [0.717, 1.165) is 10.8 Å². The summed E-state index contributed by atoms with van der Waals surface area (Å²) in [6.45, 7) is 5.01. The van der Waals surface area contributed by atoms with Gasteiger partial charge in [0.05, 0.1) is 12.1 Å². The molecule has 0 bridgehead atoms. The fourth-order valence-corrected chi connectivity index (χ4v) is 2.79. The second-order valence-corrected chi connectivity index (χ2v) is 6.10. The molecular formula is C12H19N5O2S. The third-order valence-corrected chi connectivity index (χ3v) is 4.10. The SMILES string of the molecule is CC(C)N1CC(C(=O)NCCSc2cn[nH]n2)CC1=O. The molecule has 0 radical (unpaired) electrons. The van der Waals surface area contributed by atoms with E-state index >= 15 is 0 Å². The number of aromatic nitrogens is 3. The lowest BCUT2D eigenvalue weighted by molar-refractivity contribution is -0.129. The van der Waals surface area contributed by atoms with Crippen molar-refractivity contribution in [1.29, 1.82) is 0 Å². The number of nitrogens with one attached hydrogen (secondary N) is 2. The maximum atomic E-state index is 12.0. The maximum absolute atomic E-state index is 12.0. The first-order chi connectivity index (χ1) is 9.58. The summed E-state index contributed by atoms with van der Waals surface area (Å²) in [5, 5.41) is 13.8. The van der Waals surface area contributed by atoms with Crippen LogP contribution in [0.4, 0.5) is 0 Å². The Labute approximate surface area is 121 Å². The first-order valence-electron chi connectivity index (χ1n) is 6.63. The minimum Gasteiger partial charge on any atom is -0.355 e. The molecule has 20 heavy (non-hydrogen) atoms. The van der Waals surface area contributed by atoms with E-state index in [1.807, 2.05) is 13.8 Å². The van der Waals surface area contributed by atoms with E-state index < -0.39 is 0 Å². The predicted octanol–water partition coefficient (Wildman–Crippen LogP) is 0.270. The molecule has 1 aliphatic heterocycles. The Morgan fingerprint density at radius 2 is 2.45 bits per heavy atom. The van der Waals surface area contributed by atoms with Crippen molar-refractivity contribution < 1.29 is 9.59 Å². The van der Waals surface area contributed by atoms with Crippen LogP contribution in [-0.2, 0) is 9.59 Å². The number of thioether (sulfide) groups is 1. The Morgan fingerprint density at radius 3 is 3.05 bits per heavy atom. The minimum atomic E-state index is -0.220. The highest BCUT2D eigenvalue weighted by Crippen LogP contribution is 2.20. The summed E-state index contributed by atoms with van der Waals surface area (Å²) in [4.78, 5) is 25.5. The van der Waals surface area contributed by atoms with Gasteiger partial charge in [0.1, 0.15) is 5.03 Å². The topological polar surface area (TPSA) is 91.0 Å². The van der Waals surface area contributed by atoms with E-state index in [1.165, 1.54) is 11.8 Å². The highest BCUT2D eigenvalue weighted by Gasteiger charge is 2.35. The second-order valence-electron chi connectivity index (χ2n) is 4.99. The van der Waals surface area contributed by atoms with Crippen LogP contribution in [0.3, 0.4) is 0 Å². The average Bonchev–Trinajstić information content (AvgIpc) is 3.03. The molecular weight excluding hydrogens is 278 g/mol. The average molecular weight is 297 g/mol. The zero-order chi connectivity index (χ0) is 14.5. The highest BCUT2D eigenvalue weighted by molar-refractivity contribution is 7.99. The van der Waals surface area contributed by atoms with Gasteiger partial charge in [0.2, 0.25) is 11.8 Å². The Balaban J connectivity index is 1.69. The third kappa shape index (κ3) is 3.72. The molecule has 1 atom stereocenters. The Bertz CT molecular complexity index is 462. The number of carbonyl (C=O) groups excluding carboxylic acids is 2. The Hall–Kier alpha value is -1.57. The summed E-state index contributed by atoms with van der Waals surface area (Å²) in [7, 11) is 0. The molecule has 1 aliphatic rings. The minimum absolute atomic E-state index is 0.0396. The van der Waals surface area contributed by atoms with E-state index in [1.54, 1.807) is 11.1 Å². The molecule has 0 aromatic carbocycles. The van der Waals surface area contributed by atoms with Crippen molar-refractivity contribution in [2.24, 2.45) is 5.92 Å². The summed E-state index contributed by atoms with van der Waals surface area (Å²) >= 11 is 1.52. The summed E-state index contributed by atoms with van der Waals surface area (Å²) in [6.07, 6.45) is 1.96. The van der Waals surface area contributed by atoms with Crippen molar-refractivity contribution in [1.82, 2.24) is 25.6 Å². The lowest BCUT2D eigenvalue weighted by Gasteiger charge is -2.20. The van der Waals surface area contributed by atoms with E-state index in [4.69, 9.17) is 0 Å². The monoisotopic (exact) mass is 297 g/mol. The quantitative estimate of drug-likeness (QED) is 0.581. The van der Waals surface area contributed by atoms with E-state index in [9.17, 15) is 9.59 Å². The summed E-state index contributed by atoms with van der Waals surface area (Å²) < 4.78 is 0. The number of likely N-dealkylation sites (tertiary alicyclic amines) is 1. The first-order valence-corrected chi connectivity index (χ1v) is 7.62. The number of H-pyrrole nitrogens is 1. The van der Waals surface area contributed by atoms with Crippen LogP contribution in [0.15, 0.2) is 11.2 Å². The number of aromatic amines is 1. The zero-order valence-electron chi connectivity index (χ0n) is 11.6. The van der Waals surface area contributed by atoms with Crippen LogP contribution >= 0.6 is 11.8 Å². The molecule has 2 rings (SSSR count). The van der Waals surface area contributed by atoms with Crippen LogP contribution in [0, 0.1) is 5.92 Å². The molecule has 2 amide bonds. The molecule has 2 heterocycles. The van der Waals surface area contributed by atoms with Crippen molar-refractivity contribution in [2.45, 2.75) is 31.3 Å². The molecule has 1 aromatic rings. The molecule has 1 aromatic heterocycles. The maximum Gasteiger partial charge on any atom is 0.225 e. The summed E-state index contributed by atoms with van der Waals surface area (Å²) in [5.41, 5.74) is 0. The number of carbonyl (C=O) groups is 2. The van der Waals surface area contributed by atoms with Gasteiger partial charge in [-0.15, -0.1) is 16.9 Å². The number of hydrogen-bond acceptors (Lipinski definition) is 5. The van der Waals surface area contributed by atoms with Crippen LogP contribution in [0.5, 0.6) is 0 Å². The van der Waals surface area contributed by atoms with E-state index in [-0.39, 0.29) is 23.8 Å². The second kappa shape index (κ2) is 6.74. The number of rotatable bonds is 6. The van der Waals surface area contributed by atoms with Crippen LogP contribution in [0.2, 0.25) is 0 Å². The predicted molar refractivity (Wildman–Crippen MR) is 75.1 cm³/mol. The van der Waals surface area contributed by atoms with Gasteiger partial charge in [-0.05, 0) is 13.8 Å². The summed E-state index contributed by atoms with van der Waals surface area (Å²) in [5.74, 6) is 0.536. The molecule has 8 heteroatoms. The van der Waals surface area contributed by atoms with Crippen molar-refractivity contribution >= 4 is 23.6 Å². The number of hydrogen-bond donors (Lipinski definition) is 2. The summed E-state index contributed by atoms with van der Waals surface area (Å²) in [6, 6.07) is 0.156. The van der Waals surface area contributed by atoms with Gasteiger partial charge in [-0.25, -0.2) is 0 Å². The molecule has 7 nitrogen and oxygen atoms in total. The van der Waals surface area contributed by atoms with Gasteiger partial charge in [-0.2, -0.15) is 10.3 Å². The van der Waals surface area contributed by atoms with Crippen molar-refractivity contribution in [3.05, 3.63) is 6.20 Å². The number of nitrogens with zero attached hydrogens (tertiary/aromatic N) is 3. The highest BCUT2D eigenvalue weighted by atomic mass is 32.2. The van der Waals surface area contributed by atoms with Crippen molar-refractivity contribution in [3.63, 3.8) is 0 Å². The van der Waals surface area contributed by atoms with Crippen LogP contribution in [0.1, 0.15) is 20.3 Å². The van der Waals surface area contributed by atoms with Gasteiger partial charge in [0, 0.05) is 31.3 Å². The molecule has 110 valence electrons. The van der Waals surface area contributed by atoms with Crippen LogP contribution in [0.25, 0.3) is 0 Å². The van der Waals surface area contributed by atoms with Crippen LogP contribution < -0.4 is 5.32 Å². The van der Waals surface area contributed by atoms with Gasteiger partial charge in [-0.3, -0.25) is 9.59 Å². The van der Waals surface area contributed by atoms with Gasteiger partial charge in [-0.1, -0.05) is 0 Å². The molecule has 0 spiro atoms. The largest absolute Gasteiger partial charge is 0.355 e. The lowest BCUT2D eigenvalue weighted by atomic mass is 10.1. The fraction of sp³-hybridized carbons (Fsp3) is 0.667. The zero-order valence-corrected chi connectivity index (χ0v) is 12.4. The van der Waals surface area contributed by atoms with E-state index in [0.29, 0.717) is 19.5 Å². The molecule has 0 saturated carbocycles. The van der Waals surface area contributed by atoms with Gasteiger partial charge >= 0.3 is 0 Å². The normalized spacial score (nSPS) is 18.9.